The standard InChI is InChI=1S/C28H32N2O3S/c1-5-27(32,21-16-18-29-19-17-21)25(34-4)30-24(20(2)3)28(33-26(30)31,22-12-8-6-9-13-22)23-14-10-7-11-15-23/h6-20,24-25,32H,5H2,1-4H3/t24-,25-,27-/m0/s1. The Balaban J connectivity index is 1.93. The molecule has 1 amide bonds. The van der Waals surface area contributed by atoms with Crippen LogP contribution in [0.3, 0.4) is 0 Å². The van der Waals surface area contributed by atoms with Crippen molar-refractivity contribution in [3.8, 4) is 0 Å². The molecule has 2 aromatic carbocycles. The molecule has 0 spiro atoms. The molecule has 3 atom stereocenters. The number of amides is 1. The maximum absolute atomic E-state index is 13.8. The van der Waals surface area contributed by atoms with Crippen molar-refractivity contribution in [1.29, 1.82) is 0 Å². The number of ether oxygens (including phenoxy) is 1. The van der Waals surface area contributed by atoms with Crippen molar-refractivity contribution in [1.82, 2.24) is 9.88 Å². The van der Waals surface area contributed by atoms with Gasteiger partial charge in [-0.25, -0.2) is 4.79 Å². The molecule has 0 saturated carbocycles. The van der Waals surface area contributed by atoms with Crippen molar-refractivity contribution in [2.75, 3.05) is 6.26 Å². The Morgan fingerprint density at radius 1 is 1.03 bits per heavy atom. The molecule has 1 aliphatic rings. The van der Waals surface area contributed by atoms with Gasteiger partial charge in [-0.05, 0) is 36.3 Å². The first-order valence-electron chi connectivity index (χ1n) is 11.7. The van der Waals surface area contributed by atoms with Crippen LogP contribution in [0.4, 0.5) is 4.79 Å². The van der Waals surface area contributed by atoms with Gasteiger partial charge in [0.25, 0.3) is 0 Å². The molecule has 1 aliphatic heterocycles. The van der Waals surface area contributed by atoms with Crippen LogP contribution in [0.25, 0.3) is 0 Å². The van der Waals surface area contributed by atoms with E-state index in [-0.39, 0.29) is 12.0 Å². The molecule has 0 aliphatic carbocycles. The van der Waals surface area contributed by atoms with Crippen molar-refractivity contribution >= 4 is 17.9 Å². The third kappa shape index (κ3) is 3.89. The molecular formula is C28H32N2O3S. The number of hydrogen-bond acceptors (Lipinski definition) is 5. The van der Waals surface area contributed by atoms with Crippen LogP contribution in [0, 0.1) is 5.92 Å². The summed E-state index contributed by atoms with van der Waals surface area (Å²) in [5.41, 5.74) is 0.280. The molecule has 6 heteroatoms. The summed E-state index contributed by atoms with van der Waals surface area (Å²) in [6.07, 6.45) is 5.29. The second kappa shape index (κ2) is 9.80. The van der Waals surface area contributed by atoms with Crippen molar-refractivity contribution < 1.29 is 14.6 Å². The number of carbonyl (C=O) groups excluding carboxylic acids is 1. The summed E-state index contributed by atoms with van der Waals surface area (Å²) < 4.78 is 6.42. The number of carbonyl (C=O) groups is 1. The molecule has 3 aromatic rings. The summed E-state index contributed by atoms with van der Waals surface area (Å²) in [5, 5.41) is 11.5. The van der Waals surface area contributed by atoms with Crippen LogP contribution in [0.15, 0.2) is 85.2 Å². The summed E-state index contributed by atoms with van der Waals surface area (Å²) in [7, 11) is 0. The van der Waals surface area contributed by atoms with Gasteiger partial charge in [0.15, 0.2) is 5.60 Å². The van der Waals surface area contributed by atoms with E-state index in [1.807, 2.05) is 86.0 Å². The van der Waals surface area contributed by atoms with Gasteiger partial charge in [-0.1, -0.05) is 81.4 Å². The summed E-state index contributed by atoms with van der Waals surface area (Å²) in [6.45, 7) is 6.15. The molecule has 4 rings (SSSR count). The van der Waals surface area contributed by atoms with Crippen molar-refractivity contribution in [3.05, 3.63) is 102 Å². The van der Waals surface area contributed by atoms with E-state index in [0.29, 0.717) is 6.42 Å². The summed E-state index contributed by atoms with van der Waals surface area (Å²) in [4.78, 5) is 19.7. The van der Waals surface area contributed by atoms with Crippen molar-refractivity contribution in [2.45, 2.75) is 49.8 Å². The first-order valence-corrected chi connectivity index (χ1v) is 13.0. The van der Waals surface area contributed by atoms with E-state index in [0.717, 1.165) is 16.7 Å². The number of aromatic nitrogens is 1. The fourth-order valence-corrected chi connectivity index (χ4v) is 6.43. The normalized spacial score (nSPS) is 20.1. The highest BCUT2D eigenvalue weighted by molar-refractivity contribution is 7.99. The topological polar surface area (TPSA) is 62.7 Å². The maximum Gasteiger partial charge on any atom is 0.412 e. The fraction of sp³-hybridized carbons (Fsp3) is 0.357. The van der Waals surface area contributed by atoms with E-state index in [4.69, 9.17) is 4.74 Å². The van der Waals surface area contributed by atoms with Gasteiger partial charge in [0.2, 0.25) is 0 Å². The lowest BCUT2D eigenvalue weighted by Crippen LogP contribution is -2.56. The zero-order chi connectivity index (χ0) is 24.3. The van der Waals surface area contributed by atoms with Gasteiger partial charge in [0, 0.05) is 23.5 Å². The highest BCUT2D eigenvalue weighted by Gasteiger charge is 2.61. The number of thioether (sulfide) groups is 1. The van der Waals surface area contributed by atoms with Gasteiger partial charge in [0.05, 0.1) is 6.04 Å². The van der Waals surface area contributed by atoms with Gasteiger partial charge in [-0.3, -0.25) is 9.88 Å². The van der Waals surface area contributed by atoms with Crippen molar-refractivity contribution in [3.63, 3.8) is 0 Å². The Hall–Kier alpha value is -2.83. The van der Waals surface area contributed by atoms with E-state index in [2.05, 4.69) is 18.8 Å². The van der Waals surface area contributed by atoms with Gasteiger partial charge >= 0.3 is 6.09 Å². The van der Waals surface area contributed by atoms with Crippen LogP contribution in [0.5, 0.6) is 0 Å². The van der Waals surface area contributed by atoms with E-state index in [1.165, 1.54) is 11.8 Å². The van der Waals surface area contributed by atoms with Crippen LogP contribution in [0.1, 0.15) is 43.9 Å². The lowest BCUT2D eigenvalue weighted by Gasteiger charge is -2.45. The molecule has 0 bridgehead atoms. The Morgan fingerprint density at radius 3 is 2.00 bits per heavy atom. The molecule has 1 fully saturated rings. The number of rotatable bonds is 8. The average Bonchev–Trinajstić information content (AvgIpc) is 3.19. The minimum Gasteiger partial charge on any atom is -0.431 e. The minimum atomic E-state index is -1.28. The van der Waals surface area contributed by atoms with Crippen LogP contribution in [-0.2, 0) is 15.9 Å². The van der Waals surface area contributed by atoms with Crippen LogP contribution in [-0.4, -0.2) is 38.8 Å². The smallest absolute Gasteiger partial charge is 0.412 e. The zero-order valence-electron chi connectivity index (χ0n) is 20.1. The highest BCUT2D eigenvalue weighted by atomic mass is 32.2. The molecule has 0 unspecified atom stereocenters. The number of pyridine rings is 1. The molecule has 5 nitrogen and oxygen atoms in total. The molecule has 34 heavy (non-hydrogen) atoms. The second-order valence-electron chi connectivity index (χ2n) is 9.03. The maximum atomic E-state index is 13.8. The predicted octanol–water partition coefficient (Wildman–Crippen LogP) is 5.79. The van der Waals surface area contributed by atoms with E-state index < -0.39 is 22.7 Å². The van der Waals surface area contributed by atoms with Crippen LogP contribution >= 0.6 is 11.8 Å². The van der Waals surface area contributed by atoms with Crippen LogP contribution in [0.2, 0.25) is 0 Å². The third-order valence-electron chi connectivity index (χ3n) is 6.82. The summed E-state index contributed by atoms with van der Waals surface area (Å²) in [6, 6.07) is 23.2. The lowest BCUT2D eigenvalue weighted by atomic mass is 9.75. The number of aliphatic hydroxyl groups is 1. The Bertz CT molecular complexity index is 1050. The van der Waals surface area contributed by atoms with Gasteiger partial charge < -0.3 is 9.84 Å². The SMILES string of the molecule is CC[C@](O)(c1ccncc1)[C@H](SC)N1C(=O)OC(c2ccccc2)(c2ccccc2)[C@@H]1C(C)C. The third-order valence-corrected chi connectivity index (χ3v) is 7.88. The van der Waals surface area contributed by atoms with Crippen molar-refractivity contribution in [2.24, 2.45) is 5.92 Å². The molecule has 1 aromatic heterocycles. The van der Waals surface area contributed by atoms with Crippen LogP contribution < -0.4 is 0 Å². The second-order valence-corrected chi connectivity index (χ2v) is 9.95. The predicted molar refractivity (Wildman–Crippen MR) is 136 cm³/mol. The number of benzene rings is 2. The van der Waals surface area contributed by atoms with Gasteiger partial charge in [-0.2, -0.15) is 0 Å². The summed E-state index contributed by atoms with van der Waals surface area (Å²) in [5.74, 6) is 0.0417. The molecule has 2 heterocycles. The summed E-state index contributed by atoms with van der Waals surface area (Å²) >= 11 is 1.46. The molecule has 0 radical (unpaired) electrons. The largest absolute Gasteiger partial charge is 0.431 e. The number of hydrogen-bond donors (Lipinski definition) is 1. The number of cyclic esters (lactones) is 1. The van der Waals surface area contributed by atoms with Gasteiger partial charge in [-0.15, -0.1) is 11.8 Å². The Kier molecular flexibility index (Phi) is 7.01. The zero-order valence-corrected chi connectivity index (χ0v) is 20.9. The highest BCUT2D eigenvalue weighted by Crippen LogP contribution is 2.51. The first kappa shape index (κ1) is 24.3. The lowest BCUT2D eigenvalue weighted by molar-refractivity contribution is -0.0222. The quantitative estimate of drug-likeness (QED) is 0.446. The Morgan fingerprint density at radius 2 is 1.56 bits per heavy atom. The molecule has 1 N–H and O–H groups in total. The molecular weight excluding hydrogens is 444 g/mol. The van der Waals surface area contributed by atoms with E-state index >= 15 is 0 Å². The molecule has 178 valence electrons. The minimum absolute atomic E-state index is 0.0417. The van der Waals surface area contributed by atoms with Gasteiger partial charge in [0.1, 0.15) is 11.0 Å². The fourth-order valence-electron chi connectivity index (χ4n) is 5.29. The molecule has 1 saturated heterocycles. The number of nitrogens with zero attached hydrogens (tertiary/aromatic N) is 2. The monoisotopic (exact) mass is 476 g/mol. The van der Waals surface area contributed by atoms with E-state index in [1.54, 1.807) is 17.3 Å². The average molecular weight is 477 g/mol. The Labute approximate surface area is 206 Å². The van der Waals surface area contributed by atoms with E-state index in [9.17, 15) is 9.90 Å². The first-order chi connectivity index (χ1) is 16.4.